The van der Waals surface area contributed by atoms with E-state index in [1.807, 2.05) is 36.4 Å². The lowest BCUT2D eigenvalue weighted by Gasteiger charge is -2.20. The van der Waals surface area contributed by atoms with Crippen LogP contribution in [0.1, 0.15) is 23.3 Å². The minimum Gasteiger partial charge on any atom is -0.772 e. The lowest BCUT2D eigenvalue weighted by atomic mass is 9.93. The summed E-state index contributed by atoms with van der Waals surface area (Å²) in [5.41, 5.74) is 10.8. The fourth-order valence-electron chi connectivity index (χ4n) is 2.67. The maximum atomic E-state index is 11.4. The Balaban J connectivity index is 2.26. The van der Waals surface area contributed by atoms with Crippen molar-refractivity contribution in [2.24, 2.45) is 5.73 Å². The van der Waals surface area contributed by atoms with Crippen molar-refractivity contribution >= 4 is 22.1 Å². The van der Waals surface area contributed by atoms with Gasteiger partial charge in [0.1, 0.15) is 0 Å². The van der Waals surface area contributed by atoms with E-state index in [1.54, 1.807) is 19.3 Å². The van der Waals surface area contributed by atoms with Crippen LogP contribution in [0.15, 0.2) is 48.8 Å². The fraction of sp³-hybridized carbons (Fsp3) is 0.176. The van der Waals surface area contributed by atoms with Crippen LogP contribution >= 0.6 is 0 Å². The SMILES string of the molecule is CC(c1ccccc1-c1cc2nccnc2cc1CN)S(=O)[O-]. The molecule has 5 nitrogen and oxygen atoms in total. The number of benzene rings is 2. The zero-order chi connectivity index (χ0) is 16.4. The quantitative estimate of drug-likeness (QED) is 0.744. The van der Waals surface area contributed by atoms with E-state index in [0.717, 1.165) is 33.3 Å². The monoisotopic (exact) mass is 326 g/mol. The predicted octanol–water partition coefficient (Wildman–Crippen LogP) is 2.70. The van der Waals surface area contributed by atoms with Gasteiger partial charge in [0, 0.05) is 24.2 Å². The molecule has 2 aromatic carbocycles. The number of fused-ring (bicyclic) bond motifs is 1. The third kappa shape index (κ3) is 3.01. The molecule has 0 spiro atoms. The largest absolute Gasteiger partial charge is 0.772 e. The molecule has 0 radical (unpaired) electrons. The number of nitrogens with zero attached hydrogens (tertiary/aromatic N) is 2. The average molecular weight is 326 g/mol. The van der Waals surface area contributed by atoms with Crippen LogP contribution in [0.3, 0.4) is 0 Å². The first kappa shape index (κ1) is 15.7. The highest BCUT2D eigenvalue weighted by molar-refractivity contribution is 7.79. The van der Waals surface area contributed by atoms with Crippen molar-refractivity contribution in [3.8, 4) is 11.1 Å². The van der Waals surface area contributed by atoms with Gasteiger partial charge in [-0.2, -0.15) is 0 Å². The van der Waals surface area contributed by atoms with Crippen molar-refractivity contribution in [3.05, 3.63) is 59.9 Å². The summed E-state index contributed by atoms with van der Waals surface area (Å²) in [5.74, 6) is 0. The van der Waals surface area contributed by atoms with E-state index in [9.17, 15) is 8.76 Å². The highest BCUT2D eigenvalue weighted by Gasteiger charge is 2.15. The Morgan fingerprint density at radius 3 is 2.43 bits per heavy atom. The summed E-state index contributed by atoms with van der Waals surface area (Å²) < 4.78 is 22.8. The van der Waals surface area contributed by atoms with E-state index in [0.29, 0.717) is 6.54 Å². The van der Waals surface area contributed by atoms with Crippen LogP contribution in [0.5, 0.6) is 0 Å². The van der Waals surface area contributed by atoms with Crippen LogP contribution in [0, 0.1) is 0 Å². The van der Waals surface area contributed by atoms with E-state index < -0.39 is 16.3 Å². The van der Waals surface area contributed by atoms with E-state index in [4.69, 9.17) is 5.73 Å². The molecular weight excluding hydrogens is 310 g/mol. The van der Waals surface area contributed by atoms with Gasteiger partial charge in [0.15, 0.2) is 0 Å². The van der Waals surface area contributed by atoms with Gasteiger partial charge in [0.25, 0.3) is 0 Å². The minimum absolute atomic E-state index is 0.338. The molecule has 0 aliphatic carbocycles. The molecule has 3 rings (SSSR count). The summed E-state index contributed by atoms with van der Waals surface area (Å²) in [6.45, 7) is 2.01. The van der Waals surface area contributed by atoms with E-state index in [1.165, 1.54) is 0 Å². The Morgan fingerprint density at radius 1 is 1.13 bits per heavy atom. The van der Waals surface area contributed by atoms with E-state index in [-0.39, 0.29) is 0 Å². The summed E-state index contributed by atoms with van der Waals surface area (Å²) in [6, 6.07) is 11.3. The highest BCUT2D eigenvalue weighted by atomic mass is 32.2. The molecule has 0 aliphatic rings. The van der Waals surface area contributed by atoms with E-state index >= 15 is 0 Å². The maximum Gasteiger partial charge on any atom is 0.0893 e. The van der Waals surface area contributed by atoms with Crippen molar-refractivity contribution in [2.45, 2.75) is 18.7 Å². The van der Waals surface area contributed by atoms with Gasteiger partial charge in [-0.1, -0.05) is 24.3 Å². The molecule has 2 N–H and O–H groups in total. The van der Waals surface area contributed by atoms with Gasteiger partial charge < -0.3 is 10.3 Å². The topological polar surface area (TPSA) is 91.9 Å². The summed E-state index contributed by atoms with van der Waals surface area (Å²) in [5, 5.41) is -0.602. The van der Waals surface area contributed by atoms with Gasteiger partial charge >= 0.3 is 0 Å². The zero-order valence-corrected chi connectivity index (χ0v) is 13.4. The second-order valence-corrected chi connectivity index (χ2v) is 6.48. The number of hydrogen-bond acceptors (Lipinski definition) is 5. The summed E-state index contributed by atoms with van der Waals surface area (Å²) in [4.78, 5) is 8.62. The van der Waals surface area contributed by atoms with Crippen molar-refractivity contribution in [1.29, 1.82) is 0 Å². The van der Waals surface area contributed by atoms with Crippen LogP contribution in [0.4, 0.5) is 0 Å². The number of rotatable bonds is 4. The lowest BCUT2D eigenvalue weighted by molar-refractivity contribution is 0.527. The van der Waals surface area contributed by atoms with Gasteiger partial charge in [0.2, 0.25) is 0 Å². The molecule has 0 aliphatic heterocycles. The van der Waals surface area contributed by atoms with Crippen molar-refractivity contribution < 1.29 is 8.76 Å². The number of hydrogen-bond donors (Lipinski definition) is 1. The molecule has 0 saturated carbocycles. The molecule has 0 bridgehead atoms. The fourth-order valence-corrected chi connectivity index (χ4v) is 3.09. The first-order valence-electron chi connectivity index (χ1n) is 7.23. The van der Waals surface area contributed by atoms with Gasteiger partial charge in [-0.15, -0.1) is 0 Å². The van der Waals surface area contributed by atoms with Gasteiger partial charge in [0.05, 0.1) is 11.0 Å². The summed E-state index contributed by atoms with van der Waals surface area (Å²) in [6.07, 6.45) is 3.27. The standard InChI is InChI=1S/C17H17N3O2S/c1-11(23(21)22)13-4-2-3-5-14(13)15-9-17-16(8-12(15)10-18)19-6-7-20-17/h2-9,11H,10,18H2,1H3,(H,21,22)/p-1. The molecule has 1 aromatic heterocycles. The number of nitrogens with two attached hydrogens (primary N) is 1. The molecule has 6 heteroatoms. The Labute approximate surface area is 136 Å². The van der Waals surface area contributed by atoms with Crippen LogP contribution in [0.2, 0.25) is 0 Å². The van der Waals surface area contributed by atoms with Crippen LogP contribution in [0.25, 0.3) is 22.2 Å². The molecule has 2 atom stereocenters. The molecular formula is C17H16N3O2S-. The minimum atomic E-state index is -2.19. The maximum absolute atomic E-state index is 11.4. The van der Waals surface area contributed by atoms with Crippen LogP contribution < -0.4 is 5.73 Å². The Bertz CT molecular complexity index is 883. The molecule has 0 saturated heterocycles. The molecule has 3 aromatic rings. The third-order valence-corrected chi connectivity index (χ3v) is 4.72. The van der Waals surface area contributed by atoms with Crippen LogP contribution in [-0.4, -0.2) is 18.7 Å². The van der Waals surface area contributed by atoms with Crippen molar-refractivity contribution in [1.82, 2.24) is 9.97 Å². The smallest absolute Gasteiger partial charge is 0.0893 e. The number of aromatic nitrogens is 2. The third-order valence-electron chi connectivity index (χ3n) is 3.89. The normalized spacial score (nSPS) is 13.9. The molecule has 0 fully saturated rings. The second kappa shape index (κ2) is 6.54. The lowest BCUT2D eigenvalue weighted by Crippen LogP contribution is -2.05. The van der Waals surface area contributed by atoms with Gasteiger partial charge in [-0.25, -0.2) is 0 Å². The first-order valence-corrected chi connectivity index (χ1v) is 8.36. The Kier molecular flexibility index (Phi) is 4.47. The van der Waals surface area contributed by atoms with Gasteiger partial charge in [-0.05, 0) is 52.4 Å². The first-order chi connectivity index (χ1) is 11.1. The summed E-state index contributed by atoms with van der Waals surface area (Å²) >= 11 is -2.19. The average Bonchev–Trinajstić information content (AvgIpc) is 2.59. The van der Waals surface area contributed by atoms with Gasteiger partial charge in [-0.3, -0.25) is 14.2 Å². The van der Waals surface area contributed by atoms with Crippen LogP contribution in [-0.2, 0) is 17.6 Å². The molecule has 118 valence electrons. The summed E-state index contributed by atoms with van der Waals surface area (Å²) in [7, 11) is 0. The highest BCUT2D eigenvalue weighted by Crippen LogP contribution is 2.34. The molecule has 1 heterocycles. The molecule has 0 amide bonds. The molecule has 2 unspecified atom stereocenters. The second-order valence-electron chi connectivity index (χ2n) is 5.25. The van der Waals surface area contributed by atoms with E-state index in [2.05, 4.69) is 9.97 Å². The Hall–Kier alpha value is -2.15. The predicted molar refractivity (Wildman–Crippen MR) is 90.2 cm³/mol. The zero-order valence-electron chi connectivity index (χ0n) is 12.6. The Morgan fingerprint density at radius 2 is 1.78 bits per heavy atom. The molecule has 23 heavy (non-hydrogen) atoms. The van der Waals surface area contributed by atoms with Crippen molar-refractivity contribution in [3.63, 3.8) is 0 Å². The van der Waals surface area contributed by atoms with Crippen molar-refractivity contribution in [2.75, 3.05) is 0 Å².